The molecule has 0 saturated carbocycles. The normalized spacial score (nSPS) is 11.0. The fourth-order valence-corrected chi connectivity index (χ4v) is 3.85. The average Bonchev–Trinajstić information content (AvgIpc) is 2.73. The van der Waals surface area contributed by atoms with Gasteiger partial charge in [-0.25, -0.2) is 13.2 Å². The van der Waals surface area contributed by atoms with Gasteiger partial charge in [0.15, 0.2) is 5.78 Å². The lowest BCUT2D eigenvalue weighted by Gasteiger charge is -2.10. The third-order valence-corrected chi connectivity index (χ3v) is 5.89. The lowest BCUT2D eigenvalue weighted by molar-refractivity contribution is 0.0602. The van der Waals surface area contributed by atoms with Crippen molar-refractivity contribution < 1.29 is 22.7 Å². The Morgan fingerprint density at radius 2 is 1.53 bits per heavy atom. The Morgan fingerprint density at radius 1 is 0.933 bits per heavy atom. The predicted octanol–water partition coefficient (Wildman–Crippen LogP) is 3.74. The van der Waals surface area contributed by atoms with Crippen molar-refractivity contribution >= 4 is 44.8 Å². The summed E-state index contributed by atoms with van der Waals surface area (Å²) in [6, 6.07) is 16.0. The summed E-state index contributed by atoms with van der Waals surface area (Å²) < 4.78 is 32.0. The summed E-state index contributed by atoms with van der Waals surface area (Å²) in [6.45, 7) is 0. The topological polar surface area (TPSA) is 116 Å². The van der Waals surface area contributed by atoms with Crippen LogP contribution >= 0.6 is 11.6 Å². The van der Waals surface area contributed by atoms with Crippen LogP contribution in [-0.2, 0) is 14.8 Å². The van der Waals surface area contributed by atoms with Crippen molar-refractivity contribution in [1.82, 2.24) is 0 Å². The summed E-state index contributed by atoms with van der Waals surface area (Å²) in [7, 11) is -2.57. The SMILES string of the molecule is COC(=O)c1cc(C(=O)c2ccc(NS(=O)(=O)c3ccc(Cl)cc3)cc2)ccc1N. The standard InChI is InChI=1S/C21H17ClN2O5S/c1-29-21(26)18-12-14(4-11-19(18)23)20(25)13-2-7-16(8-3-13)24-30(27,28)17-9-5-15(22)6-10-17/h2-12,24H,23H2,1H3. The molecule has 0 heterocycles. The molecule has 0 spiro atoms. The lowest BCUT2D eigenvalue weighted by atomic mass is 10.0. The number of ether oxygens (including phenoxy) is 1. The molecule has 0 saturated heterocycles. The van der Waals surface area contributed by atoms with E-state index in [0.717, 1.165) is 0 Å². The first-order valence-electron chi connectivity index (χ1n) is 8.62. The van der Waals surface area contributed by atoms with Gasteiger partial charge in [-0.1, -0.05) is 11.6 Å². The minimum Gasteiger partial charge on any atom is -0.465 e. The number of carbonyl (C=O) groups excluding carboxylic acids is 2. The van der Waals surface area contributed by atoms with Gasteiger partial charge in [0.2, 0.25) is 0 Å². The molecule has 0 radical (unpaired) electrons. The number of hydrogen-bond acceptors (Lipinski definition) is 6. The molecule has 0 aromatic heterocycles. The largest absolute Gasteiger partial charge is 0.465 e. The van der Waals surface area contributed by atoms with Crippen LogP contribution in [0.5, 0.6) is 0 Å². The molecule has 0 unspecified atom stereocenters. The number of hydrogen-bond donors (Lipinski definition) is 2. The van der Waals surface area contributed by atoms with E-state index in [2.05, 4.69) is 9.46 Å². The molecule has 3 aromatic rings. The third-order valence-electron chi connectivity index (χ3n) is 4.24. The van der Waals surface area contributed by atoms with Crippen molar-refractivity contribution in [2.75, 3.05) is 17.6 Å². The van der Waals surface area contributed by atoms with Gasteiger partial charge in [0.05, 0.1) is 17.6 Å². The van der Waals surface area contributed by atoms with Crippen molar-refractivity contribution in [3.05, 3.63) is 88.4 Å². The van der Waals surface area contributed by atoms with E-state index in [9.17, 15) is 18.0 Å². The summed E-state index contributed by atoms with van der Waals surface area (Å²) in [6.07, 6.45) is 0. The molecule has 0 fully saturated rings. The predicted molar refractivity (Wildman–Crippen MR) is 114 cm³/mol. The van der Waals surface area contributed by atoms with E-state index in [1.165, 1.54) is 73.8 Å². The Bertz CT molecular complexity index is 1210. The number of halogens is 1. The number of anilines is 2. The van der Waals surface area contributed by atoms with Gasteiger partial charge in [0.1, 0.15) is 0 Å². The van der Waals surface area contributed by atoms with Crippen molar-refractivity contribution in [2.24, 2.45) is 0 Å². The molecule has 3 aromatic carbocycles. The summed E-state index contributed by atoms with van der Waals surface area (Å²) in [5.74, 6) is -0.999. The highest BCUT2D eigenvalue weighted by atomic mass is 35.5. The van der Waals surface area contributed by atoms with E-state index < -0.39 is 16.0 Å². The summed E-state index contributed by atoms with van der Waals surface area (Å²) in [5, 5.41) is 0.426. The first kappa shape index (κ1) is 21.4. The molecule has 0 bridgehead atoms. The number of sulfonamides is 1. The molecule has 0 aliphatic heterocycles. The van der Waals surface area contributed by atoms with Crippen molar-refractivity contribution in [1.29, 1.82) is 0 Å². The van der Waals surface area contributed by atoms with E-state index in [0.29, 0.717) is 10.6 Å². The van der Waals surface area contributed by atoms with Gasteiger partial charge in [0.25, 0.3) is 10.0 Å². The molecule has 154 valence electrons. The number of ketones is 1. The number of nitrogens with one attached hydrogen (secondary N) is 1. The second kappa shape index (κ2) is 8.56. The number of nitrogens with two attached hydrogens (primary N) is 1. The minimum atomic E-state index is -3.80. The lowest BCUT2D eigenvalue weighted by Crippen LogP contribution is -2.13. The molecule has 30 heavy (non-hydrogen) atoms. The highest BCUT2D eigenvalue weighted by Gasteiger charge is 2.17. The Balaban J connectivity index is 1.81. The fourth-order valence-electron chi connectivity index (χ4n) is 2.67. The third kappa shape index (κ3) is 4.61. The summed E-state index contributed by atoms with van der Waals surface area (Å²) in [4.78, 5) is 24.6. The zero-order valence-electron chi connectivity index (χ0n) is 15.8. The number of carbonyl (C=O) groups is 2. The highest BCUT2D eigenvalue weighted by molar-refractivity contribution is 7.92. The second-order valence-corrected chi connectivity index (χ2v) is 8.38. The van der Waals surface area contributed by atoms with E-state index in [1.807, 2.05) is 0 Å². The average molecular weight is 445 g/mol. The second-order valence-electron chi connectivity index (χ2n) is 6.26. The van der Waals surface area contributed by atoms with Crippen LogP contribution < -0.4 is 10.5 Å². The summed E-state index contributed by atoms with van der Waals surface area (Å²) >= 11 is 5.78. The molecular formula is C21H17ClN2O5S. The van der Waals surface area contributed by atoms with E-state index in [4.69, 9.17) is 17.3 Å². The molecular weight excluding hydrogens is 428 g/mol. The van der Waals surface area contributed by atoms with Crippen molar-refractivity contribution in [3.8, 4) is 0 Å². The number of methoxy groups -OCH3 is 1. The van der Waals surface area contributed by atoms with Crippen LogP contribution in [0.2, 0.25) is 5.02 Å². The zero-order valence-corrected chi connectivity index (χ0v) is 17.3. The molecule has 3 N–H and O–H groups in total. The van der Waals surface area contributed by atoms with Crippen LogP contribution in [0.3, 0.4) is 0 Å². The number of esters is 1. The first-order chi connectivity index (χ1) is 14.2. The maximum Gasteiger partial charge on any atom is 0.339 e. The Morgan fingerprint density at radius 3 is 2.13 bits per heavy atom. The van der Waals surface area contributed by atoms with Crippen LogP contribution in [0, 0.1) is 0 Å². The van der Waals surface area contributed by atoms with Crippen LogP contribution in [0.25, 0.3) is 0 Å². The van der Waals surface area contributed by atoms with E-state index in [1.54, 1.807) is 0 Å². The van der Waals surface area contributed by atoms with Gasteiger partial charge < -0.3 is 10.5 Å². The molecule has 0 aliphatic rings. The smallest absolute Gasteiger partial charge is 0.339 e. The number of benzene rings is 3. The number of nitrogen functional groups attached to an aromatic ring is 1. The molecule has 0 amide bonds. The molecule has 0 atom stereocenters. The fraction of sp³-hybridized carbons (Fsp3) is 0.0476. The summed E-state index contributed by atoms with van der Waals surface area (Å²) in [5.41, 5.74) is 6.89. The van der Waals surface area contributed by atoms with E-state index in [-0.39, 0.29) is 33.2 Å². The zero-order chi connectivity index (χ0) is 21.9. The maximum atomic E-state index is 12.7. The van der Waals surface area contributed by atoms with Crippen molar-refractivity contribution in [3.63, 3.8) is 0 Å². The van der Waals surface area contributed by atoms with Crippen LogP contribution in [0.1, 0.15) is 26.3 Å². The van der Waals surface area contributed by atoms with Crippen LogP contribution in [0.15, 0.2) is 71.6 Å². The van der Waals surface area contributed by atoms with Gasteiger partial charge in [-0.05, 0) is 66.7 Å². The van der Waals surface area contributed by atoms with Gasteiger partial charge in [-0.2, -0.15) is 0 Å². The Hall–Kier alpha value is -3.36. The molecule has 9 heteroatoms. The monoisotopic (exact) mass is 444 g/mol. The van der Waals surface area contributed by atoms with E-state index >= 15 is 0 Å². The number of rotatable bonds is 6. The van der Waals surface area contributed by atoms with Gasteiger partial charge in [-0.3, -0.25) is 9.52 Å². The van der Waals surface area contributed by atoms with Gasteiger partial charge >= 0.3 is 5.97 Å². The van der Waals surface area contributed by atoms with Gasteiger partial charge in [-0.15, -0.1) is 0 Å². The molecule has 0 aliphatic carbocycles. The maximum absolute atomic E-state index is 12.7. The molecule has 3 rings (SSSR count). The van der Waals surface area contributed by atoms with Crippen molar-refractivity contribution in [2.45, 2.75) is 4.90 Å². The molecule has 7 nitrogen and oxygen atoms in total. The Kier molecular flexibility index (Phi) is 6.09. The quantitative estimate of drug-likeness (QED) is 0.340. The first-order valence-corrected chi connectivity index (χ1v) is 10.5. The highest BCUT2D eigenvalue weighted by Crippen LogP contribution is 2.21. The minimum absolute atomic E-state index is 0.0595. The van der Waals surface area contributed by atoms with Gasteiger partial charge in [0, 0.05) is 27.5 Å². The van der Waals surface area contributed by atoms with Crippen LogP contribution in [-0.4, -0.2) is 27.3 Å². The van der Waals surface area contributed by atoms with Crippen LogP contribution in [0.4, 0.5) is 11.4 Å². The Labute approximate surface area is 178 Å².